The summed E-state index contributed by atoms with van der Waals surface area (Å²) in [6.45, 7) is 0. The average molecular weight is 280 g/mol. The first-order valence-corrected chi connectivity index (χ1v) is 6.75. The average Bonchev–Trinajstić information content (AvgIpc) is 2.96. The first-order chi connectivity index (χ1) is 9.09. The molecule has 1 aliphatic carbocycles. The van der Waals surface area contributed by atoms with Crippen molar-refractivity contribution in [1.82, 2.24) is 4.98 Å². The van der Waals surface area contributed by atoms with E-state index in [1.807, 2.05) is 0 Å². The quantitative estimate of drug-likeness (QED) is 0.931. The summed E-state index contributed by atoms with van der Waals surface area (Å²) >= 11 is 5.90. The summed E-state index contributed by atoms with van der Waals surface area (Å²) in [7, 11) is 0. The number of aliphatic carboxylic acids is 1. The maximum atomic E-state index is 11.5. The van der Waals surface area contributed by atoms with Gasteiger partial charge in [-0.1, -0.05) is 24.4 Å². The zero-order chi connectivity index (χ0) is 13.5. The number of hydrogen-bond acceptors (Lipinski definition) is 3. The molecule has 4 nitrogen and oxygen atoms in total. The highest BCUT2D eigenvalue weighted by Crippen LogP contribution is 2.41. The van der Waals surface area contributed by atoms with Crippen LogP contribution in [0, 0.1) is 5.41 Å². The summed E-state index contributed by atoms with van der Waals surface area (Å²) in [5, 5.41) is 10.1. The van der Waals surface area contributed by atoms with E-state index in [0.29, 0.717) is 41.3 Å². The molecule has 0 radical (unpaired) electrons. The van der Waals surface area contributed by atoms with E-state index in [2.05, 4.69) is 4.98 Å². The molecule has 0 saturated heterocycles. The molecule has 1 N–H and O–H groups in total. The molecular weight excluding hydrogens is 266 g/mol. The Morgan fingerprint density at radius 3 is 2.84 bits per heavy atom. The summed E-state index contributed by atoms with van der Waals surface area (Å²) in [6.07, 6.45) is 3.66. The Hall–Kier alpha value is -1.55. The fraction of sp³-hybridized carbons (Fsp3) is 0.429. The zero-order valence-electron chi connectivity index (χ0n) is 10.4. The van der Waals surface area contributed by atoms with E-state index in [0.717, 1.165) is 12.8 Å². The molecule has 1 heterocycles. The Kier molecular flexibility index (Phi) is 2.97. The molecule has 0 aliphatic heterocycles. The summed E-state index contributed by atoms with van der Waals surface area (Å²) < 4.78 is 5.63. The molecule has 1 fully saturated rings. The molecule has 1 aliphatic rings. The van der Waals surface area contributed by atoms with Crippen LogP contribution in [-0.2, 0) is 11.2 Å². The fourth-order valence-corrected chi connectivity index (χ4v) is 3.00. The minimum atomic E-state index is -0.745. The van der Waals surface area contributed by atoms with E-state index in [1.54, 1.807) is 18.2 Å². The van der Waals surface area contributed by atoms with Gasteiger partial charge in [-0.05, 0) is 31.0 Å². The standard InChI is InChI=1S/C14H14ClNO3/c15-9-3-4-11-10(7-9)16-12(19-11)8-14(13(17)18)5-1-2-6-14/h3-4,7H,1-2,5-6,8H2,(H,17,18). The Bertz CT molecular complexity index is 629. The van der Waals surface area contributed by atoms with Gasteiger partial charge in [0.25, 0.3) is 0 Å². The van der Waals surface area contributed by atoms with Crippen LogP contribution in [0.3, 0.4) is 0 Å². The van der Waals surface area contributed by atoms with Crippen LogP contribution in [0.5, 0.6) is 0 Å². The second-order valence-electron chi connectivity index (χ2n) is 5.19. The molecule has 5 heteroatoms. The number of fused-ring (bicyclic) bond motifs is 1. The van der Waals surface area contributed by atoms with Gasteiger partial charge < -0.3 is 9.52 Å². The second kappa shape index (κ2) is 4.53. The molecule has 3 rings (SSSR count). The Balaban J connectivity index is 1.94. The van der Waals surface area contributed by atoms with E-state index in [9.17, 15) is 9.90 Å². The highest BCUT2D eigenvalue weighted by Gasteiger charge is 2.42. The molecule has 0 amide bonds. The van der Waals surface area contributed by atoms with Crippen molar-refractivity contribution in [2.24, 2.45) is 5.41 Å². The molecule has 100 valence electrons. The lowest BCUT2D eigenvalue weighted by Crippen LogP contribution is -2.30. The molecule has 0 bridgehead atoms. The van der Waals surface area contributed by atoms with Crippen LogP contribution in [-0.4, -0.2) is 16.1 Å². The number of carboxylic acids is 1. The van der Waals surface area contributed by atoms with Gasteiger partial charge in [0, 0.05) is 11.4 Å². The third kappa shape index (κ3) is 2.21. The number of carbonyl (C=O) groups is 1. The molecule has 0 spiro atoms. The first kappa shape index (κ1) is 12.5. The van der Waals surface area contributed by atoms with Gasteiger partial charge in [-0.15, -0.1) is 0 Å². The molecular formula is C14H14ClNO3. The van der Waals surface area contributed by atoms with Crippen LogP contribution in [0.2, 0.25) is 5.02 Å². The van der Waals surface area contributed by atoms with Crippen LogP contribution >= 0.6 is 11.6 Å². The molecule has 1 aromatic heterocycles. The largest absolute Gasteiger partial charge is 0.481 e. The zero-order valence-corrected chi connectivity index (χ0v) is 11.1. The van der Waals surface area contributed by atoms with E-state index in [-0.39, 0.29) is 0 Å². The van der Waals surface area contributed by atoms with E-state index in [4.69, 9.17) is 16.0 Å². The van der Waals surface area contributed by atoms with Gasteiger partial charge in [0.05, 0.1) is 5.41 Å². The lowest BCUT2D eigenvalue weighted by atomic mass is 9.83. The van der Waals surface area contributed by atoms with Crippen molar-refractivity contribution in [3.63, 3.8) is 0 Å². The number of benzene rings is 1. The maximum Gasteiger partial charge on any atom is 0.310 e. The number of nitrogens with zero attached hydrogens (tertiary/aromatic N) is 1. The summed E-state index contributed by atoms with van der Waals surface area (Å²) in [4.78, 5) is 15.9. The van der Waals surface area contributed by atoms with E-state index < -0.39 is 11.4 Å². The SMILES string of the molecule is O=C(O)C1(Cc2nc3cc(Cl)ccc3o2)CCCC1. The van der Waals surface area contributed by atoms with E-state index >= 15 is 0 Å². The monoisotopic (exact) mass is 279 g/mol. The normalized spacial score (nSPS) is 17.9. The predicted molar refractivity (Wildman–Crippen MR) is 71.3 cm³/mol. The maximum absolute atomic E-state index is 11.5. The van der Waals surface area contributed by atoms with Gasteiger partial charge in [0.1, 0.15) is 5.52 Å². The van der Waals surface area contributed by atoms with Crippen molar-refractivity contribution in [1.29, 1.82) is 0 Å². The smallest absolute Gasteiger partial charge is 0.310 e. The van der Waals surface area contributed by atoms with E-state index in [1.165, 1.54) is 0 Å². The molecule has 1 aromatic carbocycles. The summed E-state index contributed by atoms with van der Waals surface area (Å²) in [6, 6.07) is 5.23. The Morgan fingerprint density at radius 2 is 2.16 bits per heavy atom. The topological polar surface area (TPSA) is 63.3 Å². The Labute approximate surface area is 115 Å². The lowest BCUT2D eigenvalue weighted by Gasteiger charge is -2.21. The van der Waals surface area contributed by atoms with Gasteiger partial charge >= 0.3 is 5.97 Å². The third-order valence-electron chi connectivity index (χ3n) is 3.90. The number of halogens is 1. The van der Waals surface area contributed by atoms with Crippen LogP contribution in [0.15, 0.2) is 22.6 Å². The molecule has 0 unspecified atom stereocenters. The number of rotatable bonds is 3. The number of carboxylic acid groups (broad SMARTS) is 1. The number of oxazole rings is 1. The minimum Gasteiger partial charge on any atom is -0.481 e. The molecule has 19 heavy (non-hydrogen) atoms. The lowest BCUT2D eigenvalue weighted by molar-refractivity contribution is -0.148. The number of aromatic nitrogens is 1. The van der Waals surface area contributed by atoms with Gasteiger partial charge in [-0.25, -0.2) is 4.98 Å². The van der Waals surface area contributed by atoms with Crippen LogP contribution in [0.1, 0.15) is 31.6 Å². The predicted octanol–water partition coefficient (Wildman–Crippen LogP) is 3.67. The number of hydrogen-bond donors (Lipinski definition) is 1. The molecule has 1 saturated carbocycles. The van der Waals surface area contributed by atoms with Crippen LogP contribution in [0.4, 0.5) is 0 Å². The highest BCUT2D eigenvalue weighted by molar-refractivity contribution is 6.31. The molecule has 0 atom stereocenters. The highest BCUT2D eigenvalue weighted by atomic mass is 35.5. The van der Waals surface area contributed by atoms with Crippen LogP contribution in [0.25, 0.3) is 11.1 Å². The minimum absolute atomic E-state index is 0.356. The van der Waals surface area contributed by atoms with Crippen molar-refractivity contribution >= 4 is 28.7 Å². The summed E-state index contributed by atoms with van der Waals surface area (Å²) in [5.74, 6) is -0.258. The first-order valence-electron chi connectivity index (χ1n) is 6.37. The van der Waals surface area contributed by atoms with Gasteiger partial charge in [0.2, 0.25) is 0 Å². The van der Waals surface area contributed by atoms with Crippen molar-refractivity contribution in [2.75, 3.05) is 0 Å². The second-order valence-corrected chi connectivity index (χ2v) is 5.63. The van der Waals surface area contributed by atoms with Gasteiger partial charge in [0.15, 0.2) is 11.5 Å². The fourth-order valence-electron chi connectivity index (χ4n) is 2.83. The van der Waals surface area contributed by atoms with Crippen molar-refractivity contribution in [3.05, 3.63) is 29.1 Å². The Morgan fingerprint density at radius 1 is 1.42 bits per heavy atom. The van der Waals surface area contributed by atoms with Gasteiger partial charge in [-0.2, -0.15) is 0 Å². The van der Waals surface area contributed by atoms with Crippen LogP contribution < -0.4 is 0 Å². The third-order valence-corrected chi connectivity index (χ3v) is 4.13. The summed E-state index contributed by atoms with van der Waals surface area (Å²) in [5.41, 5.74) is 0.629. The van der Waals surface area contributed by atoms with Crippen molar-refractivity contribution in [3.8, 4) is 0 Å². The van der Waals surface area contributed by atoms with Crippen molar-refractivity contribution in [2.45, 2.75) is 32.1 Å². The van der Waals surface area contributed by atoms with Gasteiger partial charge in [-0.3, -0.25) is 4.79 Å². The molecule has 2 aromatic rings. The van der Waals surface area contributed by atoms with Crippen molar-refractivity contribution < 1.29 is 14.3 Å².